The molecule has 0 saturated heterocycles. The van der Waals surface area contributed by atoms with Gasteiger partial charge < -0.3 is 5.32 Å². The fourth-order valence-corrected chi connectivity index (χ4v) is 3.41. The summed E-state index contributed by atoms with van der Waals surface area (Å²) in [6.45, 7) is 4.08. The summed E-state index contributed by atoms with van der Waals surface area (Å²) in [6.07, 6.45) is 0. The van der Waals surface area contributed by atoms with Gasteiger partial charge in [0.1, 0.15) is 0 Å². The Balaban J connectivity index is 1.70. The van der Waals surface area contributed by atoms with Gasteiger partial charge in [-0.3, -0.25) is 4.79 Å². The topological polar surface area (TPSA) is 29.1 Å². The third kappa shape index (κ3) is 3.57. The molecule has 0 aromatic heterocycles. The van der Waals surface area contributed by atoms with Gasteiger partial charge in [0.15, 0.2) is 0 Å². The van der Waals surface area contributed by atoms with Crippen molar-refractivity contribution in [3.8, 4) is 0 Å². The second-order valence-corrected chi connectivity index (χ2v) is 6.58. The summed E-state index contributed by atoms with van der Waals surface area (Å²) in [6, 6.07) is 20.4. The van der Waals surface area contributed by atoms with E-state index in [1.54, 1.807) is 11.8 Å². The van der Waals surface area contributed by atoms with E-state index < -0.39 is 0 Å². The van der Waals surface area contributed by atoms with Crippen molar-refractivity contribution in [3.63, 3.8) is 0 Å². The van der Waals surface area contributed by atoms with Crippen molar-refractivity contribution in [1.29, 1.82) is 0 Å². The zero-order valence-corrected chi connectivity index (χ0v) is 14.1. The van der Waals surface area contributed by atoms with Crippen LogP contribution in [0.1, 0.15) is 11.1 Å². The highest BCUT2D eigenvalue weighted by atomic mass is 32.2. The van der Waals surface area contributed by atoms with Gasteiger partial charge in [-0.2, -0.15) is 0 Å². The van der Waals surface area contributed by atoms with Crippen LogP contribution in [0, 0.1) is 13.8 Å². The Labute approximate surface area is 140 Å². The van der Waals surface area contributed by atoms with E-state index in [4.69, 9.17) is 0 Å². The Bertz CT molecular complexity index is 852. The number of carbonyl (C=O) groups excluding carboxylic acids is 1. The minimum atomic E-state index is 0.0247. The molecule has 2 nitrogen and oxygen atoms in total. The Morgan fingerprint density at radius 3 is 2.57 bits per heavy atom. The van der Waals surface area contributed by atoms with Gasteiger partial charge in [-0.15, -0.1) is 11.8 Å². The van der Waals surface area contributed by atoms with E-state index in [1.165, 1.54) is 16.3 Å². The molecule has 0 aliphatic carbocycles. The molecule has 0 radical (unpaired) electrons. The fourth-order valence-electron chi connectivity index (χ4n) is 2.54. The quantitative estimate of drug-likeness (QED) is 0.670. The normalized spacial score (nSPS) is 10.7. The third-order valence-electron chi connectivity index (χ3n) is 3.99. The van der Waals surface area contributed by atoms with Gasteiger partial charge in [0, 0.05) is 10.6 Å². The zero-order chi connectivity index (χ0) is 16.2. The number of hydrogen-bond donors (Lipinski definition) is 1. The smallest absolute Gasteiger partial charge is 0.234 e. The first-order valence-electron chi connectivity index (χ1n) is 7.62. The van der Waals surface area contributed by atoms with E-state index in [1.807, 2.05) is 37.3 Å². The predicted molar refractivity (Wildman–Crippen MR) is 99.2 cm³/mol. The number of hydrogen-bond acceptors (Lipinski definition) is 2. The van der Waals surface area contributed by atoms with Gasteiger partial charge >= 0.3 is 0 Å². The molecule has 0 atom stereocenters. The van der Waals surface area contributed by atoms with Crippen LogP contribution in [-0.4, -0.2) is 11.7 Å². The number of carbonyl (C=O) groups is 1. The zero-order valence-electron chi connectivity index (χ0n) is 13.3. The average molecular weight is 321 g/mol. The molecule has 23 heavy (non-hydrogen) atoms. The van der Waals surface area contributed by atoms with E-state index in [9.17, 15) is 4.79 Å². The number of nitrogens with one attached hydrogen (secondary N) is 1. The monoisotopic (exact) mass is 321 g/mol. The lowest BCUT2D eigenvalue weighted by molar-refractivity contribution is -0.113. The molecule has 116 valence electrons. The number of rotatable bonds is 4. The number of anilines is 1. The molecule has 1 N–H and O–H groups in total. The summed E-state index contributed by atoms with van der Waals surface area (Å²) in [5.41, 5.74) is 3.20. The van der Waals surface area contributed by atoms with Crippen LogP contribution in [0.4, 0.5) is 5.69 Å². The lowest BCUT2D eigenvalue weighted by Crippen LogP contribution is -2.15. The molecule has 3 rings (SSSR count). The van der Waals surface area contributed by atoms with Gasteiger partial charge in [-0.1, -0.05) is 48.5 Å². The summed E-state index contributed by atoms with van der Waals surface area (Å²) in [5.74, 6) is 0.429. The lowest BCUT2D eigenvalue weighted by atomic mass is 10.1. The predicted octanol–water partition coefficient (Wildman–Crippen LogP) is 5.19. The molecular weight excluding hydrogens is 302 g/mol. The average Bonchev–Trinajstić information content (AvgIpc) is 2.57. The van der Waals surface area contributed by atoms with Crippen molar-refractivity contribution in [1.82, 2.24) is 0 Å². The highest BCUT2D eigenvalue weighted by Gasteiger charge is 2.08. The molecule has 0 bridgehead atoms. The van der Waals surface area contributed by atoms with Gasteiger partial charge in [0.05, 0.1) is 5.75 Å². The molecule has 3 heteroatoms. The Hall–Kier alpha value is -2.26. The minimum absolute atomic E-state index is 0.0247. The lowest BCUT2D eigenvalue weighted by Gasteiger charge is -2.11. The van der Waals surface area contributed by atoms with E-state index in [-0.39, 0.29) is 5.91 Å². The van der Waals surface area contributed by atoms with E-state index >= 15 is 0 Å². The maximum absolute atomic E-state index is 12.3. The molecule has 3 aromatic carbocycles. The molecule has 0 aliphatic rings. The van der Waals surface area contributed by atoms with E-state index in [0.717, 1.165) is 16.1 Å². The van der Waals surface area contributed by atoms with Crippen molar-refractivity contribution in [3.05, 3.63) is 71.8 Å². The summed E-state index contributed by atoms with van der Waals surface area (Å²) in [5, 5.41) is 5.40. The maximum atomic E-state index is 12.3. The van der Waals surface area contributed by atoms with E-state index in [2.05, 4.69) is 42.6 Å². The largest absolute Gasteiger partial charge is 0.325 e. The van der Waals surface area contributed by atoms with Crippen LogP contribution >= 0.6 is 11.8 Å². The summed E-state index contributed by atoms with van der Waals surface area (Å²) in [4.78, 5) is 13.4. The molecule has 0 spiro atoms. The first-order chi connectivity index (χ1) is 11.1. The highest BCUT2D eigenvalue weighted by molar-refractivity contribution is 8.00. The second-order valence-electron chi connectivity index (χ2n) is 5.56. The Kier molecular flexibility index (Phi) is 4.68. The standard InChI is InChI=1S/C20H19NOS/c1-14-7-5-11-18(15(14)2)21-20(22)13-23-19-12-6-9-16-8-3-4-10-17(16)19/h3-12H,13H2,1-2H3,(H,21,22). The van der Waals surface area contributed by atoms with Crippen molar-refractivity contribution < 1.29 is 4.79 Å². The number of amides is 1. The van der Waals surface area contributed by atoms with Crippen LogP contribution < -0.4 is 5.32 Å². The highest BCUT2D eigenvalue weighted by Crippen LogP contribution is 2.28. The van der Waals surface area contributed by atoms with Gasteiger partial charge in [-0.05, 0) is 47.9 Å². The molecule has 1 amide bonds. The maximum Gasteiger partial charge on any atom is 0.234 e. The fraction of sp³-hybridized carbons (Fsp3) is 0.150. The van der Waals surface area contributed by atoms with Crippen LogP contribution in [0.15, 0.2) is 65.6 Å². The summed E-state index contributed by atoms with van der Waals surface area (Å²) in [7, 11) is 0. The first kappa shape index (κ1) is 15.6. The van der Waals surface area contributed by atoms with Crippen molar-refractivity contribution in [2.45, 2.75) is 18.7 Å². The van der Waals surface area contributed by atoms with Gasteiger partial charge in [0.25, 0.3) is 0 Å². The molecule has 0 saturated carbocycles. The van der Waals surface area contributed by atoms with Gasteiger partial charge in [-0.25, -0.2) is 0 Å². The SMILES string of the molecule is Cc1cccc(NC(=O)CSc2cccc3ccccc23)c1C. The van der Waals surface area contributed by atoms with Gasteiger partial charge in [0.2, 0.25) is 5.91 Å². The minimum Gasteiger partial charge on any atom is -0.325 e. The van der Waals surface area contributed by atoms with Crippen LogP contribution in [0.5, 0.6) is 0 Å². The molecule has 0 aliphatic heterocycles. The second kappa shape index (κ2) is 6.88. The van der Waals surface area contributed by atoms with Crippen LogP contribution in [-0.2, 0) is 4.79 Å². The Morgan fingerprint density at radius 2 is 1.70 bits per heavy atom. The molecule has 0 unspecified atom stereocenters. The number of thioether (sulfide) groups is 1. The number of aryl methyl sites for hydroxylation is 1. The van der Waals surface area contributed by atoms with Crippen LogP contribution in [0.25, 0.3) is 10.8 Å². The van der Waals surface area contributed by atoms with Crippen LogP contribution in [0.2, 0.25) is 0 Å². The molecule has 3 aromatic rings. The summed E-state index contributed by atoms with van der Waals surface area (Å²) >= 11 is 1.58. The van der Waals surface area contributed by atoms with Crippen molar-refractivity contribution >= 4 is 34.1 Å². The Morgan fingerprint density at radius 1 is 0.957 bits per heavy atom. The van der Waals surface area contributed by atoms with E-state index in [0.29, 0.717) is 5.75 Å². The van der Waals surface area contributed by atoms with Crippen LogP contribution in [0.3, 0.4) is 0 Å². The molecular formula is C20H19NOS. The van der Waals surface area contributed by atoms with Crippen molar-refractivity contribution in [2.75, 3.05) is 11.1 Å². The third-order valence-corrected chi connectivity index (χ3v) is 5.06. The first-order valence-corrected chi connectivity index (χ1v) is 8.60. The van der Waals surface area contributed by atoms with Crippen molar-refractivity contribution in [2.24, 2.45) is 0 Å². The summed E-state index contributed by atoms with van der Waals surface area (Å²) < 4.78 is 0. The molecule has 0 fully saturated rings. The number of benzene rings is 3. The molecule has 0 heterocycles. The number of fused-ring (bicyclic) bond motifs is 1.